The molecule has 6 nitrogen and oxygen atoms in total. The first kappa shape index (κ1) is 17.5. The van der Waals surface area contributed by atoms with E-state index < -0.39 is 0 Å². The minimum absolute atomic E-state index is 0.0589. The van der Waals surface area contributed by atoms with Crippen LogP contribution in [-0.4, -0.2) is 35.2 Å². The third kappa shape index (κ3) is 3.56. The van der Waals surface area contributed by atoms with Crippen LogP contribution in [0.2, 0.25) is 0 Å². The van der Waals surface area contributed by atoms with Crippen molar-refractivity contribution < 1.29 is 14.3 Å². The first-order valence-corrected chi connectivity index (χ1v) is 10.2. The Morgan fingerprint density at radius 2 is 1.96 bits per heavy atom. The van der Waals surface area contributed by atoms with Gasteiger partial charge in [0, 0.05) is 24.5 Å². The van der Waals surface area contributed by atoms with Crippen molar-refractivity contribution in [2.45, 2.75) is 50.6 Å². The molecule has 146 valence electrons. The molecule has 5 rings (SSSR count). The smallest absolute Gasteiger partial charge is 0.241 e. The number of benzene rings is 1. The quantitative estimate of drug-likeness (QED) is 0.859. The fraction of sp³-hybridized carbons (Fsp3) is 0.455. The van der Waals surface area contributed by atoms with Gasteiger partial charge < -0.3 is 14.8 Å². The maximum absolute atomic E-state index is 13.0. The van der Waals surface area contributed by atoms with Crippen molar-refractivity contribution in [3.05, 3.63) is 47.8 Å². The number of aromatic nitrogens is 1. The summed E-state index contributed by atoms with van der Waals surface area (Å²) in [6.07, 6.45) is 7.33. The first-order valence-electron chi connectivity index (χ1n) is 10.2. The second kappa shape index (κ2) is 7.43. The second-order valence-electron chi connectivity index (χ2n) is 7.86. The molecule has 1 aromatic carbocycles. The number of hydrogen-bond donors (Lipinski definition) is 1. The van der Waals surface area contributed by atoms with Crippen LogP contribution in [0.1, 0.15) is 49.3 Å². The highest BCUT2D eigenvalue weighted by molar-refractivity contribution is 5.94. The Morgan fingerprint density at radius 3 is 2.79 bits per heavy atom. The Hall–Kier alpha value is -2.60. The van der Waals surface area contributed by atoms with Crippen molar-refractivity contribution >= 4 is 11.6 Å². The zero-order chi connectivity index (χ0) is 18.9. The van der Waals surface area contributed by atoms with Gasteiger partial charge in [0.05, 0.1) is 6.04 Å². The van der Waals surface area contributed by atoms with Gasteiger partial charge in [0.1, 0.15) is 5.69 Å². The number of piperidine rings is 1. The Labute approximate surface area is 164 Å². The zero-order valence-electron chi connectivity index (χ0n) is 15.9. The lowest BCUT2D eigenvalue weighted by Crippen LogP contribution is -2.46. The summed E-state index contributed by atoms with van der Waals surface area (Å²) >= 11 is 0. The number of carbonyl (C=O) groups is 1. The van der Waals surface area contributed by atoms with Crippen LogP contribution >= 0.6 is 0 Å². The van der Waals surface area contributed by atoms with E-state index in [1.54, 1.807) is 6.20 Å². The normalized spacial score (nSPS) is 21.5. The number of ether oxygens (including phenoxy) is 2. The predicted octanol–water partition coefficient (Wildman–Crippen LogP) is 3.68. The Balaban J connectivity index is 1.28. The maximum Gasteiger partial charge on any atom is 0.241 e. The largest absolute Gasteiger partial charge is 0.453 e. The topological polar surface area (TPSA) is 63.7 Å². The van der Waals surface area contributed by atoms with Crippen LogP contribution in [-0.2, 0) is 11.3 Å². The van der Waals surface area contributed by atoms with Crippen molar-refractivity contribution in [3.63, 3.8) is 0 Å². The molecule has 6 heteroatoms. The number of pyridine rings is 1. The molecule has 0 bridgehead atoms. The SMILES string of the molecule is O=C(Nc1ccc(C2CC2)cc1)C1CCCCN1Cc1nccc2c1OCO2. The summed E-state index contributed by atoms with van der Waals surface area (Å²) in [5, 5.41) is 3.11. The average Bonchev–Trinajstić information content (AvgIpc) is 3.46. The van der Waals surface area contributed by atoms with Crippen molar-refractivity contribution in [1.82, 2.24) is 9.88 Å². The number of likely N-dealkylation sites (tertiary alicyclic amines) is 1. The van der Waals surface area contributed by atoms with Crippen molar-refractivity contribution in [3.8, 4) is 11.5 Å². The number of nitrogens with one attached hydrogen (secondary N) is 1. The van der Waals surface area contributed by atoms with Gasteiger partial charge in [0.25, 0.3) is 0 Å². The number of carbonyl (C=O) groups excluding carboxylic acids is 1. The van der Waals surface area contributed by atoms with Crippen LogP contribution in [0.25, 0.3) is 0 Å². The number of hydrogen-bond acceptors (Lipinski definition) is 5. The lowest BCUT2D eigenvalue weighted by Gasteiger charge is -2.34. The van der Waals surface area contributed by atoms with Crippen LogP contribution in [0.3, 0.4) is 0 Å². The van der Waals surface area contributed by atoms with E-state index in [-0.39, 0.29) is 18.7 Å². The predicted molar refractivity (Wildman–Crippen MR) is 105 cm³/mol. The van der Waals surface area contributed by atoms with Gasteiger partial charge in [-0.15, -0.1) is 0 Å². The van der Waals surface area contributed by atoms with Gasteiger partial charge in [-0.05, 0) is 55.8 Å². The van der Waals surface area contributed by atoms with E-state index in [9.17, 15) is 4.79 Å². The molecule has 1 atom stereocenters. The highest BCUT2D eigenvalue weighted by atomic mass is 16.7. The van der Waals surface area contributed by atoms with Gasteiger partial charge >= 0.3 is 0 Å². The van der Waals surface area contributed by atoms with E-state index in [1.807, 2.05) is 18.2 Å². The summed E-state index contributed by atoms with van der Waals surface area (Å²) in [6, 6.07) is 9.99. The van der Waals surface area contributed by atoms with Gasteiger partial charge in [-0.3, -0.25) is 14.7 Å². The molecule has 1 unspecified atom stereocenters. The molecule has 2 aliphatic heterocycles. The van der Waals surface area contributed by atoms with Crippen molar-refractivity contribution in [1.29, 1.82) is 0 Å². The number of nitrogens with zero attached hydrogens (tertiary/aromatic N) is 2. The molecule has 1 amide bonds. The minimum atomic E-state index is -0.156. The molecule has 2 fully saturated rings. The highest BCUT2D eigenvalue weighted by Gasteiger charge is 2.31. The number of anilines is 1. The summed E-state index contributed by atoms with van der Waals surface area (Å²) in [5.41, 5.74) is 3.09. The lowest BCUT2D eigenvalue weighted by atomic mass is 10.0. The molecule has 1 aliphatic carbocycles. The van der Waals surface area contributed by atoms with E-state index in [1.165, 1.54) is 18.4 Å². The first-order chi connectivity index (χ1) is 13.8. The minimum Gasteiger partial charge on any atom is -0.453 e. The van der Waals surface area contributed by atoms with Crippen LogP contribution in [0.4, 0.5) is 5.69 Å². The Kier molecular flexibility index (Phi) is 4.64. The van der Waals surface area contributed by atoms with Gasteiger partial charge in [0.15, 0.2) is 11.5 Å². The van der Waals surface area contributed by atoms with Gasteiger partial charge in [-0.2, -0.15) is 0 Å². The average molecular weight is 379 g/mol. The van der Waals surface area contributed by atoms with E-state index in [0.29, 0.717) is 12.3 Å². The molecule has 1 aromatic heterocycles. The van der Waals surface area contributed by atoms with Crippen LogP contribution in [0.5, 0.6) is 11.5 Å². The molecule has 28 heavy (non-hydrogen) atoms. The molecular weight excluding hydrogens is 354 g/mol. The number of amides is 1. The van der Waals surface area contributed by atoms with E-state index >= 15 is 0 Å². The number of rotatable bonds is 5. The standard InChI is InChI=1S/C22H25N3O3/c26-22(24-17-8-6-16(7-9-17)15-4-5-15)19-3-1-2-12-25(19)13-18-21-20(10-11-23-18)27-14-28-21/h6-11,15,19H,1-5,12-14H2,(H,24,26). The van der Waals surface area contributed by atoms with Gasteiger partial charge in [0.2, 0.25) is 12.7 Å². The second-order valence-corrected chi connectivity index (χ2v) is 7.86. The molecular formula is C22H25N3O3. The summed E-state index contributed by atoms with van der Waals surface area (Å²) < 4.78 is 11.0. The third-order valence-electron chi connectivity index (χ3n) is 5.86. The van der Waals surface area contributed by atoms with Gasteiger partial charge in [-0.25, -0.2) is 0 Å². The monoisotopic (exact) mass is 379 g/mol. The molecule has 1 saturated heterocycles. The summed E-state index contributed by atoms with van der Waals surface area (Å²) in [6.45, 7) is 1.70. The molecule has 3 aliphatic rings. The van der Waals surface area contributed by atoms with Gasteiger partial charge in [-0.1, -0.05) is 18.6 Å². The van der Waals surface area contributed by atoms with Crippen LogP contribution in [0.15, 0.2) is 36.5 Å². The Bertz CT molecular complexity index is 864. The summed E-state index contributed by atoms with van der Waals surface area (Å²) in [5.74, 6) is 2.23. The molecule has 2 aromatic rings. The van der Waals surface area contributed by atoms with Crippen molar-refractivity contribution in [2.75, 3.05) is 18.7 Å². The van der Waals surface area contributed by atoms with E-state index in [0.717, 1.165) is 48.9 Å². The van der Waals surface area contributed by atoms with Crippen LogP contribution in [0, 0.1) is 0 Å². The molecule has 0 spiro atoms. The highest BCUT2D eigenvalue weighted by Crippen LogP contribution is 2.40. The molecule has 0 radical (unpaired) electrons. The fourth-order valence-electron chi connectivity index (χ4n) is 4.15. The molecule has 3 heterocycles. The van der Waals surface area contributed by atoms with Crippen LogP contribution < -0.4 is 14.8 Å². The van der Waals surface area contributed by atoms with E-state index in [2.05, 4.69) is 27.3 Å². The number of fused-ring (bicyclic) bond motifs is 1. The molecule has 1 N–H and O–H groups in total. The summed E-state index contributed by atoms with van der Waals surface area (Å²) in [7, 11) is 0. The lowest BCUT2D eigenvalue weighted by molar-refractivity contribution is -0.122. The van der Waals surface area contributed by atoms with E-state index in [4.69, 9.17) is 9.47 Å². The zero-order valence-corrected chi connectivity index (χ0v) is 15.9. The maximum atomic E-state index is 13.0. The molecule has 1 saturated carbocycles. The Morgan fingerprint density at radius 1 is 1.11 bits per heavy atom. The third-order valence-corrected chi connectivity index (χ3v) is 5.86. The van der Waals surface area contributed by atoms with Crippen molar-refractivity contribution in [2.24, 2.45) is 0 Å². The summed E-state index contributed by atoms with van der Waals surface area (Å²) in [4.78, 5) is 19.7. The fourth-order valence-corrected chi connectivity index (χ4v) is 4.15.